The molecule has 0 aliphatic heterocycles. The summed E-state index contributed by atoms with van der Waals surface area (Å²) >= 11 is 3.30. The molecule has 1 N–H and O–H groups in total. The molecule has 0 fully saturated rings. The quantitative estimate of drug-likeness (QED) is 0.713. The second-order valence-corrected chi connectivity index (χ2v) is 7.88. The predicted octanol–water partition coefficient (Wildman–Crippen LogP) is 3.49. The molecule has 0 radical (unpaired) electrons. The highest BCUT2D eigenvalue weighted by Gasteiger charge is 2.20. The van der Waals surface area contributed by atoms with Crippen LogP contribution in [0.15, 0.2) is 55.0 Å². The second-order valence-electron chi connectivity index (χ2n) is 5.31. The fourth-order valence-electron chi connectivity index (χ4n) is 2.51. The molecule has 6 nitrogen and oxygen atoms in total. The van der Waals surface area contributed by atoms with Crippen LogP contribution in [0.1, 0.15) is 12.5 Å². The summed E-state index contributed by atoms with van der Waals surface area (Å²) in [6, 6.07) is 9.84. The number of sulfonamides is 1. The molecule has 0 spiro atoms. The lowest BCUT2D eigenvalue weighted by molar-refractivity contribution is 0.512. The molecule has 2 aromatic carbocycles. The summed E-state index contributed by atoms with van der Waals surface area (Å²) in [5, 5.41) is 0. The highest BCUT2D eigenvalue weighted by Crippen LogP contribution is 2.25. The highest BCUT2D eigenvalue weighted by molar-refractivity contribution is 9.10. The molecule has 24 heavy (non-hydrogen) atoms. The molecular formula is C16H15BrN2O4S. The van der Waals surface area contributed by atoms with Crippen LogP contribution >= 0.6 is 15.9 Å². The van der Waals surface area contributed by atoms with Gasteiger partial charge in [0.15, 0.2) is 5.58 Å². The molecule has 0 amide bonds. The van der Waals surface area contributed by atoms with E-state index in [0.29, 0.717) is 23.3 Å². The second kappa shape index (κ2) is 6.10. The van der Waals surface area contributed by atoms with Gasteiger partial charge in [-0.15, -0.1) is 0 Å². The zero-order chi connectivity index (χ0) is 17.5. The van der Waals surface area contributed by atoms with Gasteiger partial charge in [-0.05, 0) is 49.7 Å². The van der Waals surface area contributed by atoms with Gasteiger partial charge in [0.1, 0.15) is 0 Å². The summed E-state index contributed by atoms with van der Waals surface area (Å²) in [6.07, 6.45) is 0. The van der Waals surface area contributed by atoms with Crippen molar-refractivity contribution in [3.8, 4) is 0 Å². The number of anilines is 1. The van der Waals surface area contributed by atoms with Gasteiger partial charge in [0, 0.05) is 22.8 Å². The summed E-state index contributed by atoms with van der Waals surface area (Å²) in [6.45, 7) is 3.97. The summed E-state index contributed by atoms with van der Waals surface area (Å²) < 4.78 is 35.3. The Bertz CT molecular complexity index is 1070. The molecular weight excluding hydrogens is 396 g/mol. The first-order chi connectivity index (χ1) is 11.3. The van der Waals surface area contributed by atoms with Gasteiger partial charge in [-0.25, -0.2) is 13.2 Å². The molecule has 1 heterocycles. The number of rotatable bonds is 4. The van der Waals surface area contributed by atoms with Crippen LogP contribution in [0.5, 0.6) is 0 Å². The number of fused-ring (bicyclic) bond motifs is 1. The van der Waals surface area contributed by atoms with Gasteiger partial charge in [-0.1, -0.05) is 15.9 Å². The lowest BCUT2D eigenvalue weighted by atomic mass is 10.2. The molecule has 0 bridgehead atoms. The zero-order valence-corrected chi connectivity index (χ0v) is 15.4. The Balaban J connectivity index is 2.09. The molecule has 0 saturated carbocycles. The van der Waals surface area contributed by atoms with Crippen molar-refractivity contribution in [3.63, 3.8) is 0 Å². The Labute approximate surface area is 147 Å². The first-order valence-electron chi connectivity index (χ1n) is 7.24. The van der Waals surface area contributed by atoms with E-state index < -0.39 is 15.8 Å². The topological polar surface area (TPSA) is 81.3 Å². The maximum Gasteiger partial charge on any atom is 0.419 e. The van der Waals surface area contributed by atoms with Crippen molar-refractivity contribution in [2.75, 3.05) is 4.72 Å². The van der Waals surface area contributed by atoms with Crippen molar-refractivity contribution in [2.24, 2.45) is 0 Å². The first kappa shape index (κ1) is 16.8. The molecule has 1 aromatic heterocycles. The Hall–Kier alpha value is -2.06. The number of hydrogen-bond acceptors (Lipinski definition) is 4. The van der Waals surface area contributed by atoms with Crippen molar-refractivity contribution >= 4 is 42.7 Å². The minimum absolute atomic E-state index is 0.0786. The van der Waals surface area contributed by atoms with E-state index in [1.165, 1.54) is 10.6 Å². The lowest BCUT2D eigenvalue weighted by Crippen LogP contribution is -2.14. The average molecular weight is 411 g/mol. The van der Waals surface area contributed by atoms with Crippen molar-refractivity contribution in [1.82, 2.24) is 4.57 Å². The summed E-state index contributed by atoms with van der Waals surface area (Å²) in [5.74, 6) is -0.498. The number of aryl methyl sites for hydroxylation is 2. The van der Waals surface area contributed by atoms with Crippen molar-refractivity contribution in [2.45, 2.75) is 25.3 Å². The minimum Gasteiger partial charge on any atom is -0.408 e. The summed E-state index contributed by atoms with van der Waals surface area (Å²) in [7, 11) is -3.80. The smallest absolute Gasteiger partial charge is 0.408 e. The average Bonchev–Trinajstić information content (AvgIpc) is 2.82. The Kier molecular flexibility index (Phi) is 4.27. The van der Waals surface area contributed by atoms with Crippen LogP contribution in [0, 0.1) is 6.92 Å². The fraction of sp³-hybridized carbons (Fsp3) is 0.188. The molecule has 0 saturated heterocycles. The highest BCUT2D eigenvalue weighted by atomic mass is 79.9. The third-order valence-electron chi connectivity index (χ3n) is 3.67. The molecule has 0 unspecified atom stereocenters. The molecule has 0 aliphatic carbocycles. The van der Waals surface area contributed by atoms with Gasteiger partial charge >= 0.3 is 5.76 Å². The standard InChI is InChI=1S/C16H15BrN2O4S/c1-3-19-13-8-10(2)15(9-14(13)23-16(19)20)24(21,22)18-12-6-4-11(17)5-7-12/h4-9,18H,3H2,1-2H3. The van der Waals surface area contributed by atoms with E-state index in [1.807, 2.05) is 6.92 Å². The van der Waals surface area contributed by atoms with E-state index in [-0.39, 0.29) is 10.5 Å². The lowest BCUT2D eigenvalue weighted by Gasteiger charge is -2.10. The van der Waals surface area contributed by atoms with Gasteiger partial charge in [0.2, 0.25) is 0 Å². The number of aromatic nitrogens is 1. The van der Waals surface area contributed by atoms with E-state index in [9.17, 15) is 13.2 Å². The van der Waals surface area contributed by atoms with Crippen LogP contribution in [0.2, 0.25) is 0 Å². The Morgan fingerprint density at radius 3 is 2.50 bits per heavy atom. The Morgan fingerprint density at radius 1 is 1.21 bits per heavy atom. The normalized spacial score (nSPS) is 11.8. The predicted molar refractivity (Wildman–Crippen MR) is 95.8 cm³/mol. The van der Waals surface area contributed by atoms with E-state index in [1.54, 1.807) is 37.3 Å². The van der Waals surface area contributed by atoms with Crippen molar-refractivity contribution in [3.05, 3.63) is 57.0 Å². The summed E-state index contributed by atoms with van der Waals surface area (Å²) in [5.41, 5.74) is 1.83. The van der Waals surface area contributed by atoms with Gasteiger partial charge in [-0.2, -0.15) is 0 Å². The van der Waals surface area contributed by atoms with Crippen LogP contribution in [-0.4, -0.2) is 13.0 Å². The SMILES string of the molecule is CCn1c(=O)oc2cc(S(=O)(=O)Nc3ccc(Br)cc3)c(C)cc21. The number of nitrogens with zero attached hydrogens (tertiary/aromatic N) is 1. The molecule has 0 aliphatic rings. The van der Waals surface area contributed by atoms with Crippen LogP contribution < -0.4 is 10.5 Å². The largest absolute Gasteiger partial charge is 0.419 e. The number of nitrogens with one attached hydrogen (secondary N) is 1. The van der Waals surface area contributed by atoms with Crippen LogP contribution in [-0.2, 0) is 16.6 Å². The zero-order valence-electron chi connectivity index (χ0n) is 13.0. The third-order valence-corrected chi connectivity index (χ3v) is 5.72. The van der Waals surface area contributed by atoms with Gasteiger partial charge in [-0.3, -0.25) is 9.29 Å². The summed E-state index contributed by atoms with van der Waals surface area (Å²) in [4.78, 5) is 11.9. The number of halogens is 1. The number of oxazole rings is 1. The molecule has 0 atom stereocenters. The van der Waals surface area contributed by atoms with Crippen molar-refractivity contribution < 1.29 is 12.8 Å². The number of hydrogen-bond donors (Lipinski definition) is 1. The van der Waals surface area contributed by atoms with E-state index in [2.05, 4.69) is 20.7 Å². The Morgan fingerprint density at radius 2 is 1.88 bits per heavy atom. The maximum atomic E-state index is 12.7. The molecule has 3 aromatic rings. The monoisotopic (exact) mass is 410 g/mol. The van der Waals surface area contributed by atoms with Crippen molar-refractivity contribution in [1.29, 1.82) is 0 Å². The maximum absolute atomic E-state index is 12.7. The third kappa shape index (κ3) is 2.99. The van der Waals surface area contributed by atoms with Crippen LogP contribution in [0.4, 0.5) is 5.69 Å². The van der Waals surface area contributed by atoms with Gasteiger partial charge < -0.3 is 4.42 Å². The van der Waals surface area contributed by atoms with E-state index in [4.69, 9.17) is 4.42 Å². The fourth-order valence-corrected chi connectivity index (χ4v) is 4.08. The first-order valence-corrected chi connectivity index (χ1v) is 9.52. The molecule has 3 rings (SSSR count). The van der Waals surface area contributed by atoms with Gasteiger partial charge in [0.25, 0.3) is 10.0 Å². The number of benzene rings is 2. The van der Waals surface area contributed by atoms with E-state index in [0.717, 1.165) is 4.47 Å². The van der Waals surface area contributed by atoms with Crippen LogP contribution in [0.3, 0.4) is 0 Å². The van der Waals surface area contributed by atoms with Gasteiger partial charge in [0.05, 0.1) is 10.4 Å². The molecule has 8 heteroatoms. The van der Waals surface area contributed by atoms with Crippen LogP contribution in [0.25, 0.3) is 11.1 Å². The minimum atomic E-state index is -3.80. The van der Waals surface area contributed by atoms with E-state index >= 15 is 0 Å². The molecule has 126 valence electrons.